The molecule has 0 bridgehead atoms. The third kappa shape index (κ3) is 3.02. The highest BCUT2D eigenvalue weighted by atomic mass is 16.1. The minimum Gasteiger partial charge on any atom is -0.351 e. The van der Waals surface area contributed by atoms with Crippen molar-refractivity contribution in [1.82, 2.24) is 20.1 Å². The fourth-order valence-electron chi connectivity index (χ4n) is 2.99. The molecule has 3 rings (SSSR count). The van der Waals surface area contributed by atoms with Gasteiger partial charge in [-0.05, 0) is 31.4 Å². The number of carbonyl (C=O) groups excluding carboxylic acids is 1. The van der Waals surface area contributed by atoms with Crippen LogP contribution in [0, 0.1) is 13.8 Å². The van der Waals surface area contributed by atoms with Gasteiger partial charge in [-0.15, -0.1) is 0 Å². The number of hydrogen-bond donors (Lipinski definition) is 1. The molecule has 1 atom stereocenters. The molecule has 0 fully saturated rings. The number of carbonyl (C=O) groups is 1. The molecule has 0 saturated carbocycles. The SMILES string of the molecule is Cc1cc(C(=O)NC[C@H](C)c2ccccc2)c2c(C)nn(C)c2n1. The van der Waals surface area contributed by atoms with Crippen LogP contribution in [0.25, 0.3) is 11.0 Å². The molecule has 0 aliphatic heterocycles. The van der Waals surface area contributed by atoms with Crippen LogP contribution in [0.3, 0.4) is 0 Å². The Balaban J connectivity index is 1.84. The quantitative estimate of drug-likeness (QED) is 0.803. The lowest BCUT2D eigenvalue weighted by molar-refractivity contribution is 0.0953. The van der Waals surface area contributed by atoms with E-state index in [1.165, 1.54) is 5.56 Å². The number of amides is 1. The fraction of sp³-hybridized carbons (Fsp3) is 0.316. The van der Waals surface area contributed by atoms with E-state index in [0.717, 1.165) is 22.4 Å². The van der Waals surface area contributed by atoms with Gasteiger partial charge in [0.05, 0.1) is 16.6 Å². The first-order chi connectivity index (χ1) is 11.5. The highest BCUT2D eigenvalue weighted by Gasteiger charge is 2.18. The van der Waals surface area contributed by atoms with Gasteiger partial charge in [-0.1, -0.05) is 37.3 Å². The highest BCUT2D eigenvalue weighted by Crippen LogP contribution is 2.22. The molecular weight excluding hydrogens is 300 g/mol. The normalized spacial score (nSPS) is 12.3. The topological polar surface area (TPSA) is 59.8 Å². The van der Waals surface area contributed by atoms with Gasteiger partial charge in [-0.3, -0.25) is 9.48 Å². The lowest BCUT2D eigenvalue weighted by atomic mass is 10.0. The number of aromatic nitrogens is 3. The summed E-state index contributed by atoms with van der Waals surface area (Å²) in [5.74, 6) is 0.174. The molecule has 0 radical (unpaired) electrons. The zero-order valence-electron chi connectivity index (χ0n) is 14.5. The van der Waals surface area contributed by atoms with E-state index in [-0.39, 0.29) is 11.8 Å². The maximum atomic E-state index is 12.7. The maximum Gasteiger partial charge on any atom is 0.252 e. The summed E-state index contributed by atoms with van der Waals surface area (Å²) in [7, 11) is 1.85. The number of hydrogen-bond acceptors (Lipinski definition) is 3. The van der Waals surface area contributed by atoms with E-state index >= 15 is 0 Å². The second kappa shape index (κ2) is 6.43. The summed E-state index contributed by atoms with van der Waals surface area (Å²) in [6, 6.07) is 12.0. The number of aryl methyl sites for hydroxylation is 3. The predicted octanol–water partition coefficient (Wildman–Crippen LogP) is 3.12. The molecule has 0 unspecified atom stereocenters. The van der Waals surface area contributed by atoms with Gasteiger partial charge < -0.3 is 5.32 Å². The standard InChI is InChI=1S/C19H22N4O/c1-12(15-8-6-5-7-9-15)11-20-19(24)16-10-13(2)21-18-17(16)14(3)22-23(18)4/h5-10,12H,11H2,1-4H3,(H,20,24)/t12-/m0/s1. The zero-order chi connectivity index (χ0) is 17.3. The van der Waals surface area contributed by atoms with Crippen LogP contribution < -0.4 is 5.32 Å². The molecule has 24 heavy (non-hydrogen) atoms. The molecule has 0 spiro atoms. The Morgan fingerprint density at radius 3 is 2.67 bits per heavy atom. The molecular formula is C19H22N4O. The first-order valence-corrected chi connectivity index (χ1v) is 8.11. The van der Waals surface area contributed by atoms with Crippen molar-refractivity contribution in [3.8, 4) is 0 Å². The highest BCUT2D eigenvalue weighted by molar-refractivity contribution is 6.06. The van der Waals surface area contributed by atoms with Crippen LogP contribution >= 0.6 is 0 Å². The summed E-state index contributed by atoms with van der Waals surface area (Å²) < 4.78 is 1.72. The summed E-state index contributed by atoms with van der Waals surface area (Å²) >= 11 is 0. The van der Waals surface area contributed by atoms with Gasteiger partial charge in [0.25, 0.3) is 5.91 Å². The third-order valence-corrected chi connectivity index (χ3v) is 4.28. The molecule has 2 aromatic heterocycles. The molecule has 124 valence electrons. The zero-order valence-corrected chi connectivity index (χ0v) is 14.5. The van der Waals surface area contributed by atoms with Crippen LogP contribution in [-0.2, 0) is 7.05 Å². The van der Waals surface area contributed by atoms with E-state index in [0.29, 0.717) is 12.1 Å². The summed E-state index contributed by atoms with van der Waals surface area (Å²) in [5.41, 5.74) is 4.23. The summed E-state index contributed by atoms with van der Waals surface area (Å²) in [6.45, 7) is 6.50. The number of pyridine rings is 1. The van der Waals surface area contributed by atoms with E-state index in [9.17, 15) is 4.79 Å². The van der Waals surface area contributed by atoms with E-state index in [4.69, 9.17) is 0 Å². The fourth-order valence-corrected chi connectivity index (χ4v) is 2.99. The predicted molar refractivity (Wildman–Crippen MR) is 95.2 cm³/mol. The van der Waals surface area contributed by atoms with Crippen molar-refractivity contribution in [3.63, 3.8) is 0 Å². The molecule has 0 saturated heterocycles. The Bertz CT molecular complexity index is 883. The average Bonchev–Trinajstić information content (AvgIpc) is 2.86. The number of fused-ring (bicyclic) bond motifs is 1. The molecule has 1 aromatic carbocycles. The number of nitrogens with one attached hydrogen (secondary N) is 1. The van der Waals surface area contributed by atoms with Gasteiger partial charge in [0.15, 0.2) is 5.65 Å². The molecule has 1 N–H and O–H groups in total. The van der Waals surface area contributed by atoms with E-state index in [1.807, 2.05) is 45.2 Å². The Kier molecular flexibility index (Phi) is 4.34. The van der Waals surface area contributed by atoms with Crippen molar-refractivity contribution < 1.29 is 4.79 Å². The Labute approximate surface area is 141 Å². The first kappa shape index (κ1) is 16.2. The number of benzene rings is 1. The maximum absolute atomic E-state index is 12.7. The van der Waals surface area contributed by atoms with Gasteiger partial charge >= 0.3 is 0 Å². The van der Waals surface area contributed by atoms with Crippen LogP contribution in [0.4, 0.5) is 0 Å². The van der Waals surface area contributed by atoms with Crippen LogP contribution in [0.5, 0.6) is 0 Å². The van der Waals surface area contributed by atoms with Gasteiger partial charge in [0, 0.05) is 19.3 Å². The average molecular weight is 322 g/mol. The summed E-state index contributed by atoms with van der Waals surface area (Å²) in [5, 5.41) is 8.27. The Morgan fingerprint density at radius 1 is 1.25 bits per heavy atom. The Morgan fingerprint density at radius 2 is 1.96 bits per heavy atom. The number of rotatable bonds is 4. The lowest BCUT2D eigenvalue weighted by Crippen LogP contribution is -2.28. The van der Waals surface area contributed by atoms with Gasteiger partial charge in [0.2, 0.25) is 0 Å². The van der Waals surface area contributed by atoms with E-state index in [2.05, 4.69) is 34.5 Å². The molecule has 5 heteroatoms. The van der Waals surface area contributed by atoms with Crippen molar-refractivity contribution in [1.29, 1.82) is 0 Å². The van der Waals surface area contributed by atoms with Crippen molar-refractivity contribution in [2.45, 2.75) is 26.7 Å². The summed E-state index contributed by atoms with van der Waals surface area (Å²) in [4.78, 5) is 17.2. The molecule has 3 aromatic rings. The van der Waals surface area contributed by atoms with Crippen LogP contribution in [0.2, 0.25) is 0 Å². The van der Waals surface area contributed by atoms with Crippen LogP contribution in [0.15, 0.2) is 36.4 Å². The smallest absolute Gasteiger partial charge is 0.252 e. The van der Waals surface area contributed by atoms with Gasteiger partial charge in [-0.2, -0.15) is 5.10 Å². The van der Waals surface area contributed by atoms with Crippen molar-refractivity contribution in [3.05, 3.63) is 58.9 Å². The third-order valence-electron chi connectivity index (χ3n) is 4.28. The lowest BCUT2D eigenvalue weighted by Gasteiger charge is -2.13. The minimum absolute atomic E-state index is 0.0793. The Hall–Kier alpha value is -2.69. The second-order valence-corrected chi connectivity index (χ2v) is 6.24. The largest absolute Gasteiger partial charge is 0.351 e. The molecule has 1 amide bonds. The van der Waals surface area contributed by atoms with E-state index < -0.39 is 0 Å². The van der Waals surface area contributed by atoms with Crippen molar-refractivity contribution >= 4 is 16.9 Å². The van der Waals surface area contributed by atoms with Crippen molar-refractivity contribution in [2.24, 2.45) is 7.05 Å². The monoisotopic (exact) mass is 322 g/mol. The second-order valence-electron chi connectivity index (χ2n) is 6.24. The van der Waals surface area contributed by atoms with E-state index in [1.54, 1.807) is 4.68 Å². The molecule has 0 aliphatic rings. The van der Waals surface area contributed by atoms with Gasteiger partial charge in [-0.25, -0.2) is 4.98 Å². The molecule has 2 heterocycles. The van der Waals surface area contributed by atoms with Crippen molar-refractivity contribution in [2.75, 3.05) is 6.54 Å². The summed E-state index contributed by atoms with van der Waals surface area (Å²) in [6.07, 6.45) is 0. The minimum atomic E-state index is -0.0793. The van der Waals surface area contributed by atoms with Gasteiger partial charge in [0.1, 0.15) is 0 Å². The number of nitrogens with zero attached hydrogens (tertiary/aromatic N) is 3. The van der Waals surface area contributed by atoms with Crippen LogP contribution in [-0.4, -0.2) is 27.2 Å². The molecule has 0 aliphatic carbocycles. The van der Waals surface area contributed by atoms with Crippen LogP contribution in [0.1, 0.15) is 40.2 Å². The molecule has 5 nitrogen and oxygen atoms in total. The first-order valence-electron chi connectivity index (χ1n) is 8.11.